The second-order valence-corrected chi connectivity index (χ2v) is 4.24. The Kier molecular flexibility index (Phi) is 4.19. The standard InChI is InChI=1S/C13H13FN4O2/c1-18-8-15-17-13(18)16-12(20)7-6-11(19)9-2-4-10(14)5-3-9/h2-5,8H,6-7H2,1H3,(H,16,17,20). The first-order valence-corrected chi connectivity index (χ1v) is 5.99. The van der Waals surface area contributed by atoms with E-state index < -0.39 is 5.82 Å². The number of aryl methyl sites for hydroxylation is 1. The van der Waals surface area contributed by atoms with E-state index in [9.17, 15) is 14.0 Å². The van der Waals surface area contributed by atoms with Gasteiger partial charge in [-0.1, -0.05) is 0 Å². The van der Waals surface area contributed by atoms with E-state index in [-0.39, 0.29) is 24.5 Å². The highest BCUT2D eigenvalue weighted by Crippen LogP contribution is 2.08. The lowest BCUT2D eigenvalue weighted by molar-refractivity contribution is -0.116. The number of ketones is 1. The van der Waals surface area contributed by atoms with Gasteiger partial charge in [-0.05, 0) is 24.3 Å². The van der Waals surface area contributed by atoms with E-state index in [0.29, 0.717) is 11.5 Å². The predicted molar refractivity (Wildman–Crippen MR) is 69.6 cm³/mol. The Morgan fingerprint density at radius 2 is 1.95 bits per heavy atom. The van der Waals surface area contributed by atoms with Crippen molar-refractivity contribution < 1.29 is 14.0 Å². The number of nitrogens with one attached hydrogen (secondary N) is 1. The minimum Gasteiger partial charge on any atom is -0.303 e. The molecule has 0 spiro atoms. The van der Waals surface area contributed by atoms with E-state index in [1.165, 1.54) is 30.6 Å². The molecule has 6 nitrogen and oxygen atoms in total. The molecule has 1 heterocycles. The third-order valence-electron chi connectivity index (χ3n) is 2.71. The Bertz CT molecular complexity index is 622. The Hall–Kier alpha value is -2.57. The Balaban J connectivity index is 1.85. The molecule has 1 aromatic heterocycles. The van der Waals surface area contributed by atoms with E-state index in [4.69, 9.17) is 0 Å². The molecule has 0 aliphatic heterocycles. The summed E-state index contributed by atoms with van der Waals surface area (Å²) < 4.78 is 14.3. The molecule has 0 aliphatic rings. The zero-order chi connectivity index (χ0) is 14.5. The highest BCUT2D eigenvalue weighted by Gasteiger charge is 2.11. The summed E-state index contributed by atoms with van der Waals surface area (Å²) in [4.78, 5) is 23.4. The minimum atomic E-state index is -0.401. The lowest BCUT2D eigenvalue weighted by atomic mass is 10.1. The second kappa shape index (κ2) is 6.05. The zero-order valence-corrected chi connectivity index (χ0v) is 10.8. The van der Waals surface area contributed by atoms with Gasteiger partial charge in [0.15, 0.2) is 5.78 Å². The van der Waals surface area contributed by atoms with Crippen LogP contribution in [0.2, 0.25) is 0 Å². The summed E-state index contributed by atoms with van der Waals surface area (Å²) in [5, 5.41) is 9.87. The molecule has 0 aliphatic carbocycles. The molecule has 0 atom stereocenters. The normalized spacial score (nSPS) is 10.3. The molecule has 104 valence electrons. The fourth-order valence-corrected chi connectivity index (χ4v) is 1.59. The van der Waals surface area contributed by atoms with Crippen LogP contribution in [0.25, 0.3) is 0 Å². The Morgan fingerprint density at radius 3 is 2.55 bits per heavy atom. The van der Waals surface area contributed by atoms with Gasteiger partial charge in [0.25, 0.3) is 0 Å². The zero-order valence-electron chi connectivity index (χ0n) is 10.8. The van der Waals surface area contributed by atoms with Crippen LogP contribution in [0.3, 0.4) is 0 Å². The maximum Gasteiger partial charge on any atom is 0.230 e. The monoisotopic (exact) mass is 276 g/mol. The van der Waals surface area contributed by atoms with Gasteiger partial charge < -0.3 is 4.57 Å². The number of halogens is 1. The van der Waals surface area contributed by atoms with Crippen molar-refractivity contribution in [2.75, 3.05) is 5.32 Å². The van der Waals surface area contributed by atoms with Gasteiger partial charge in [-0.15, -0.1) is 10.2 Å². The van der Waals surface area contributed by atoms with Crippen molar-refractivity contribution in [2.24, 2.45) is 7.05 Å². The first kappa shape index (κ1) is 13.9. The highest BCUT2D eigenvalue weighted by molar-refractivity contribution is 5.99. The van der Waals surface area contributed by atoms with Gasteiger partial charge in [0.1, 0.15) is 12.1 Å². The number of rotatable bonds is 5. The van der Waals surface area contributed by atoms with Crippen molar-refractivity contribution in [2.45, 2.75) is 12.8 Å². The van der Waals surface area contributed by atoms with Crippen molar-refractivity contribution in [3.05, 3.63) is 42.0 Å². The molecule has 1 N–H and O–H groups in total. The molecule has 0 unspecified atom stereocenters. The molecule has 0 radical (unpaired) electrons. The molecule has 1 aromatic carbocycles. The largest absolute Gasteiger partial charge is 0.303 e. The molecule has 2 rings (SSSR count). The van der Waals surface area contributed by atoms with Crippen LogP contribution in [0.4, 0.5) is 10.3 Å². The first-order valence-electron chi connectivity index (χ1n) is 5.99. The molecule has 0 bridgehead atoms. The fraction of sp³-hybridized carbons (Fsp3) is 0.231. The van der Waals surface area contributed by atoms with Crippen molar-refractivity contribution in [3.63, 3.8) is 0 Å². The number of Topliss-reactive ketones (excluding diaryl/α,β-unsaturated/α-hetero) is 1. The van der Waals surface area contributed by atoms with E-state index in [2.05, 4.69) is 15.5 Å². The molecular weight excluding hydrogens is 263 g/mol. The number of carbonyl (C=O) groups is 2. The summed E-state index contributed by atoms with van der Waals surface area (Å²) in [5.74, 6) is -0.611. The molecule has 0 saturated heterocycles. The van der Waals surface area contributed by atoms with Crippen LogP contribution in [0.15, 0.2) is 30.6 Å². The molecule has 20 heavy (non-hydrogen) atoms. The maximum atomic E-state index is 12.7. The molecule has 0 fully saturated rings. The highest BCUT2D eigenvalue weighted by atomic mass is 19.1. The maximum absolute atomic E-state index is 12.7. The van der Waals surface area contributed by atoms with E-state index in [1.54, 1.807) is 11.6 Å². The summed E-state index contributed by atoms with van der Waals surface area (Å²) in [7, 11) is 1.69. The third-order valence-corrected chi connectivity index (χ3v) is 2.71. The quantitative estimate of drug-likeness (QED) is 0.841. The predicted octanol–water partition coefficient (Wildman–Crippen LogP) is 1.56. The van der Waals surface area contributed by atoms with Gasteiger partial charge in [-0.2, -0.15) is 0 Å². The number of carbonyl (C=O) groups excluding carboxylic acids is 2. The lowest BCUT2D eigenvalue weighted by Crippen LogP contribution is -2.16. The van der Waals surface area contributed by atoms with Gasteiger partial charge in [-0.3, -0.25) is 14.9 Å². The number of anilines is 1. The summed E-state index contributed by atoms with van der Waals surface area (Å²) >= 11 is 0. The van der Waals surface area contributed by atoms with E-state index in [0.717, 1.165) is 0 Å². The molecular formula is C13H13FN4O2. The van der Waals surface area contributed by atoms with Crippen LogP contribution in [0.5, 0.6) is 0 Å². The average molecular weight is 276 g/mol. The summed E-state index contributed by atoms with van der Waals surface area (Å²) in [6.45, 7) is 0. The number of hydrogen-bond donors (Lipinski definition) is 1. The van der Waals surface area contributed by atoms with Crippen molar-refractivity contribution in [1.82, 2.24) is 14.8 Å². The van der Waals surface area contributed by atoms with Crippen LogP contribution >= 0.6 is 0 Å². The number of benzene rings is 1. The topological polar surface area (TPSA) is 76.9 Å². The van der Waals surface area contributed by atoms with Crippen molar-refractivity contribution in [1.29, 1.82) is 0 Å². The lowest BCUT2D eigenvalue weighted by Gasteiger charge is -2.03. The number of amides is 1. The molecule has 0 saturated carbocycles. The summed E-state index contributed by atoms with van der Waals surface area (Å²) in [5.41, 5.74) is 0.387. The van der Waals surface area contributed by atoms with Gasteiger partial charge in [-0.25, -0.2) is 4.39 Å². The fourth-order valence-electron chi connectivity index (χ4n) is 1.59. The minimum absolute atomic E-state index is 0.0308. The van der Waals surface area contributed by atoms with Gasteiger partial charge in [0.05, 0.1) is 0 Å². The Labute approximate surface area is 114 Å². The molecule has 2 aromatic rings. The van der Waals surface area contributed by atoms with E-state index >= 15 is 0 Å². The molecule has 1 amide bonds. The van der Waals surface area contributed by atoms with Crippen LogP contribution in [0, 0.1) is 5.82 Å². The summed E-state index contributed by atoms with van der Waals surface area (Å²) in [6.07, 6.45) is 1.54. The second-order valence-electron chi connectivity index (χ2n) is 4.24. The average Bonchev–Trinajstić information content (AvgIpc) is 2.82. The summed E-state index contributed by atoms with van der Waals surface area (Å²) in [6, 6.07) is 5.23. The molecule has 7 heteroatoms. The SMILES string of the molecule is Cn1cnnc1NC(=O)CCC(=O)c1ccc(F)cc1. The van der Waals surface area contributed by atoms with Crippen LogP contribution < -0.4 is 5.32 Å². The Morgan fingerprint density at radius 1 is 1.25 bits per heavy atom. The van der Waals surface area contributed by atoms with Gasteiger partial charge >= 0.3 is 0 Å². The number of hydrogen-bond acceptors (Lipinski definition) is 4. The van der Waals surface area contributed by atoms with Gasteiger partial charge in [0.2, 0.25) is 11.9 Å². The third kappa shape index (κ3) is 3.47. The smallest absolute Gasteiger partial charge is 0.230 e. The van der Waals surface area contributed by atoms with Crippen molar-refractivity contribution >= 4 is 17.6 Å². The number of aromatic nitrogens is 3. The van der Waals surface area contributed by atoms with Crippen LogP contribution in [-0.2, 0) is 11.8 Å². The number of nitrogens with zero attached hydrogens (tertiary/aromatic N) is 3. The first-order chi connectivity index (χ1) is 9.56. The van der Waals surface area contributed by atoms with Crippen molar-refractivity contribution in [3.8, 4) is 0 Å². The van der Waals surface area contributed by atoms with Gasteiger partial charge in [0, 0.05) is 25.5 Å². The van der Waals surface area contributed by atoms with Crippen LogP contribution in [0.1, 0.15) is 23.2 Å². The van der Waals surface area contributed by atoms with E-state index in [1.807, 2.05) is 0 Å². The van der Waals surface area contributed by atoms with Crippen LogP contribution in [-0.4, -0.2) is 26.5 Å².